The van der Waals surface area contributed by atoms with Crippen LogP contribution < -0.4 is 16.4 Å². The van der Waals surface area contributed by atoms with Crippen LogP contribution in [0.3, 0.4) is 0 Å². The number of nitrogens with zero attached hydrogens (tertiary/aromatic N) is 1. The maximum absolute atomic E-state index is 12.6. The Bertz CT molecular complexity index is 1990. The van der Waals surface area contributed by atoms with E-state index in [1.54, 1.807) is 12.1 Å². The first-order valence-electron chi connectivity index (χ1n) is 19.7. The number of nitrogens with one attached hydrogen (secondary N) is 2. The van der Waals surface area contributed by atoms with Crippen molar-refractivity contribution in [2.75, 3.05) is 24.6 Å². The molecule has 1 heterocycles. The van der Waals surface area contributed by atoms with Crippen molar-refractivity contribution in [2.24, 2.45) is 0 Å². The van der Waals surface area contributed by atoms with E-state index < -0.39 is 6.29 Å². The molecule has 0 aromatic heterocycles. The third-order valence-corrected chi connectivity index (χ3v) is 10.2. The summed E-state index contributed by atoms with van der Waals surface area (Å²) in [5.41, 5.74) is 14.4. The number of benzene rings is 5. The minimum absolute atomic E-state index is 0.00648. The minimum Gasteiger partial charge on any atom is -0.397 e. The van der Waals surface area contributed by atoms with Crippen molar-refractivity contribution in [1.29, 1.82) is 0 Å². The number of nitrogen functional groups attached to an aromatic ring is 1. The molecule has 9 nitrogen and oxygen atoms in total. The summed E-state index contributed by atoms with van der Waals surface area (Å²) in [5.74, 6) is -0.0224. The second kappa shape index (κ2) is 20.6. The van der Waals surface area contributed by atoms with Gasteiger partial charge in [0, 0.05) is 44.5 Å². The molecule has 2 amide bonds. The number of hydrogen-bond donors (Lipinski definition) is 4. The SMILES string of the molecule is CN(Cc1ccccc1)C[C@@H]1C[C@H](c2ccc(CO)cc2)O[C@H](c2ccc(-c3cccc(CNC(=O)CCCCCCC(=O)Nc4ccccc4N)c3)cc2)O1. The number of aliphatic hydroxyl groups is 1. The van der Waals surface area contributed by atoms with Crippen molar-refractivity contribution in [3.63, 3.8) is 0 Å². The van der Waals surface area contributed by atoms with Gasteiger partial charge in [-0.25, -0.2) is 0 Å². The molecule has 0 spiro atoms. The third-order valence-electron chi connectivity index (χ3n) is 10.2. The number of ether oxygens (including phenoxy) is 2. The molecule has 0 radical (unpaired) electrons. The fourth-order valence-corrected chi connectivity index (χ4v) is 7.07. The molecular weight excluding hydrogens is 701 g/mol. The Morgan fingerprint density at radius 2 is 1.39 bits per heavy atom. The number of nitrogens with two attached hydrogens (primary N) is 1. The Morgan fingerprint density at radius 1 is 0.714 bits per heavy atom. The van der Waals surface area contributed by atoms with Gasteiger partial charge in [0.1, 0.15) is 0 Å². The second-order valence-electron chi connectivity index (χ2n) is 14.7. The lowest BCUT2D eigenvalue weighted by atomic mass is 9.99. The predicted molar refractivity (Wildman–Crippen MR) is 222 cm³/mol. The van der Waals surface area contributed by atoms with E-state index in [2.05, 4.69) is 83.2 Å². The van der Waals surface area contributed by atoms with Crippen LogP contribution in [0.2, 0.25) is 0 Å². The summed E-state index contributed by atoms with van der Waals surface area (Å²) >= 11 is 0. The number of amides is 2. The summed E-state index contributed by atoms with van der Waals surface area (Å²) < 4.78 is 13.2. The molecule has 3 atom stereocenters. The highest BCUT2D eigenvalue weighted by Gasteiger charge is 2.33. The van der Waals surface area contributed by atoms with E-state index in [4.69, 9.17) is 15.2 Å². The minimum atomic E-state index is -0.531. The second-order valence-corrected chi connectivity index (χ2v) is 14.7. The number of anilines is 2. The van der Waals surface area contributed by atoms with Gasteiger partial charge >= 0.3 is 0 Å². The maximum Gasteiger partial charge on any atom is 0.224 e. The standard InChI is InChI=1S/C47H54N4O5/c1-51(31-34-12-5-4-6-13-34)32-41-29-44(38-22-20-35(33-52)21-23-38)56-47(55-41)39-26-24-37(25-27-39)40-15-11-14-36(28-40)30-49-45(53)18-7-2-3-8-19-46(54)50-43-17-10-9-16-42(43)48/h4-6,9-17,20-28,41,44,47,52H,2-3,7-8,18-19,29-33,48H2,1H3,(H,49,53)(H,50,54)/t41-,44+,47+/m0/s1. The van der Waals surface area contributed by atoms with Crippen molar-refractivity contribution in [2.45, 2.75) is 83.1 Å². The van der Waals surface area contributed by atoms with Crippen molar-refractivity contribution in [1.82, 2.24) is 10.2 Å². The first-order chi connectivity index (χ1) is 27.3. The molecule has 1 aliphatic heterocycles. The highest BCUT2D eigenvalue weighted by Crippen LogP contribution is 2.38. The summed E-state index contributed by atoms with van der Waals surface area (Å²) in [6.07, 6.45) is 4.20. The molecule has 1 saturated heterocycles. The molecule has 1 aliphatic rings. The van der Waals surface area contributed by atoms with E-state index in [0.717, 1.165) is 78.6 Å². The van der Waals surface area contributed by atoms with Gasteiger partial charge in [0.2, 0.25) is 11.8 Å². The summed E-state index contributed by atoms with van der Waals surface area (Å²) in [5, 5.41) is 15.5. The first kappa shape index (κ1) is 40.3. The van der Waals surface area contributed by atoms with E-state index in [9.17, 15) is 14.7 Å². The quantitative estimate of drug-likeness (QED) is 0.0521. The van der Waals surface area contributed by atoms with Crippen LogP contribution in [-0.2, 0) is 38.8 Å². The Hall–Kier alpha value is -5.32. The van der Waals surface area contributed by atoms with Crippen LogP contribution in [0.5, 0.6) is 0 Å². The third kappa shape index (κ3) is 12.1. The number of aliphatic hydroxyl groups excluding tert-OH is 1. The molecule has 6 rings (SSSR count). The Labute approximate surface area is 330 Å². The fourth-order valence-electron chi connectivity index (χ4n) is 7.07. The largest absolute Gasteiger partial charge is 0.397 e. The van der Waals surface area contributed by atoms with E-state index in [1.807, 2.05) is 54.6 Å². The van der Waals surface area contributed by atoms with Crippen LogP contribution >= 0.6 is 0 Å². The van der Waals surface area contributed by atoms with Crippen LogP contribution in [0, 0.1) is 0 Å². The highest BCUT2D eigenvalue weighted by atomic mass is 16.7. The molecule has 0 unspecified atom stereocenters. The molecule has 0 aliphatic carbocycles. The number of carbonyl (C=O) groups excluding carboxylic acids is 2. The normalized spacial score (nSPS) is 16.7. The lowest BCUT2D eigenvalue weighted by molar-refractivity contribution is -0.252. The van der Waals surface area contributed by atoms with E-state index in [-0.39, 0.29) is 30.6 Å². The summed E-state index contributed by atoms with van der Waals surface area (Å²) in [6, 6.07) is 42.2. The zero-order chi connectivity index (χ0) is 39.1. The Morgan fingerprint density at radius 3 is 2.12 bits per heavy atom. The highest BCUT2D eigenvalue weighted by molar-refractivity contribution is 5.93. The van der Waals surface area contributed by atoms with Crippen LogP contribution in [0.1, 0.15) is 85.2 Å². The van der Waals surface area contributed by atoms with Gasteiger partial charge in [-0.05, 0) is 71.5 Å². The smallest absolute Gasteiger partial charge is 0.224 e. The maximum atomic E-state index is 12.6. The molecule has 9 heteroatoms. The van der Waals surface area contributed by atoms with Gasteiger partial charge < -0.3 is 30.9 Å². The number of para-hydroxylation sites is 2. The average molecular weight is 755 g/mol. The van der Waals surface area contributed by atoms with Gasteiger partial charge in [-0.2, -0.15) is 0 Å². The van der Waals surface area contributed by atoms with E-state index in [1.165, 1.54) is 5.56 Å². The molecule has 0 saturated carbocycles. The number of likely N-dealkylation sites (N-methyl/N-ethyl adjacent to an activating group) is 1. The fraction of sp³-hybridized carbons (Fsp3) is 0.319. The van der Waals surface area contributed by atoms with Crippen molar-refractivity contribution in [3.05, 3.63) is 155 Å². The molecule has 5 N–H and O–H groups in total. The lowest BCUT2D eigenvalue weighted by Gasteiger charge is -2.38. The Balaban J connectivity index is 0.985. The molecule has 0 bridgehead atoms. The molecule has 5 aromatic carbocycles. The molecule has 292 valence electrons. The van der Waals surface area contributed by atoms with Crippen LogP contribution in [0.4, 0.5) is 11.4 Å². The van der Waals surface area contributed by atoms with Gasteiger partial charge in [-0.1, -0.05) is 122 Å². The van der Waals surface area contributed by atoms with E-state index in [0.29, 0.717) is 30.8 Å². The number of rotatable bonds is 18. The van der Waals surface area contributed by atoms with Crippen molar-refractivity contribution in [3.8, 4) is 11.1 Å². The van der Waals surface area contributed by atoms with Crippen LogP contribution in [0.15, 0.2) is 127 Å². The van der Waals surface area contributed by atoms with Gasteiger partial charge in [0.15, 0.2) is 6.29 Å². The summed E-state index contributed by atoms with van der Waals surface area (Å²) in [4.78, 5) is 27.1. The van der Waals surface area contributed by atoms with Crippen molar-refractivity contribution >= 4 is 23.2 Å². The van der Waals surface area contributed by atoms with Crippen molar-refractivity contribution < 1.29 is 24.2 Å². The zero-order valence-corrected chi connectivity index (χ0v) is 32.2. The lowest BCUT2D eigenvalue weighted by Crippen LogP contribution is -2.37. The zero-order valence-electron chi connectivity index (χ0n) is 32.2. The van der Waals surface area contributed by atoms with Gasteiger partial charge in [-0.3, -0.25) is 14.5 Å². The number of hydrogen-bond acceptors (Lipinski definition) is 7. The molecule has 56 heavy (non-hydrogen) atoms. The summed E-state index contributed by atoms with van der Waals surface area (Å²) in [7, 11) is 2.12. The molecule has 5 aromatic rings. The first-order valence-corrected chi connectivity index (χ1v) is 19.7. The summed E-state index contributed by atoms with van der Waals surface area (Å²) in [6.45, 7) is 2.05. The Kier molecular flexibility index (Phi) is 14.8. The average Bonchev–Trinajstić information content (AvgIpc) is 3.22. The van der Waals surface area contributed by atoms with Crippen LogP contribution in [-0.4, -0.2) is 41.5 Å². The van der Waals surface area contributed by atoms with Gasteiger partial charge in [0.25, 0.3) is 0 Å². The van der Waals surface area contributed by atoms with Gasteiger partial charge in [0.05, 0.1) is 30.2 Å². The topological polar surface area (TPSA) is 126 Å². The number of unbranched alkanes of at least 4 members (excludes halogenated alkanes) is 3. The molecule has 1 fully saturated rings. The van der Waals surface area contributed by atoms with Gasteiger partial charge in [-0.15, -0.1) is 0 Å². The van der Waals surface area contributed by atoms with E-state index >= 15 is 0 Å². The monoisotopic (exact) mass is 754 g/mol. The van der Waals surface area contributed by atoms with Crippen LogP contribution in [0.25, 0.3) is 11.1 Å². The number of carbonyl (C=O) groups is 2. The molecular formula is C47H54N4O5. The predicted octanol–water partition coefficient (Wildman–Crippen LogP) is 8.70.